The summed E-state index contributed by atoms with van der Waals surface area (Å²) in [5, 5.41) is 9.80. The van der Waals surface area contributed by atoms with Crippen molar-refractivity contribution < 1.29 is 9.59 Å². The summed E-state index contributed by atoms with van der Waals surface area (Å²) < 4.78 is 3.16. The van der Waals surface area contributed by atoms with Crippen LogP contribution in [0.5, 0.6) is 0 Å². The lowest BCUT2D eigenvalue weighted by Gasteiger charge is -2.11. The van der Waals surface area contributed by atoms with Crippen molar-refractivity contribution in [1.82, 2.24) is 30.4 Å². The van der Waals surface area contributed by atoms with Crippen molar-refractivity contribution in [3.63, 3.8) is 0 Å². The van der Waals surface area contributed by atoms with E-state index >= 15 is 0 Å². The summed E-state index contributed by atoms with van der Waals surface area (Å²) in [6.45, 7) is 4.53. The molecule has 0 saturated carbocycles. The first kappa shape index (κ1) is 24.4. The number of benzene rings is 2. The molecule has 1 aliphatic carbocycles. The Bertz CT molecular complexity index is 1530. The number of nitrogens with zero attached hydrogens (tertiary/aromatic N) is 4. The lowest BCUT2D eigenvalue weighted by Crippen LogP contribution is -2.43. The molecule has 0 bridgehead atoms. The molecule has 2 heterocycles. The molecule has 9 nitrogen and oxygen atoms in total. The largest absolute Gasteiger partial charge is 0.290 e. The summed E-state index contributed by atoms with van der Waals surface area (Å²) in [6.07, 6.45) is 5.29. The molecule has 190 valence electrons. The maximum absolute atomic E-state index is 13.2. The summed E-state index contributed by atoms with van der Waals surface area (Å²) >= 11 is 0. The lowest BCUT2D eigenvalue weighted by atomic mass is 10.1. The second-order valence-electron chi connectivity index (χ2n) is 9.41. The van der Waals surface area contributed by atoms with Crippen molar-refractivity contribution in [2.75, 3.05) is 0 Å². The molecule has 2 amide bonds. The molecule has 0 aliphatic heterocycles. The Morgan fingerprint density at radius 1 is 0.892 bits per heavy atom. The third-order valence-corrected chi connectivity index (χ3v) is 6.77. The highest BCUT2D eigenvalue weighted by molar-refractivity contribution is 6.06. The monoisotopic (exact) mass is 498 g/mol. The zero-order valence-corrected chi connectivity index (χ0v) is 21.1. The van der Waals surface area contributed by atoms with E-state index in [1.54, 1.807) is 24.3 Å². The van der Waals surface area contributed by atoms with Gasteiger partial charge in [-0.15, -0.1) is 0 Å². The summed E-state index contributed by atoms with van der Waals surface area (Å²) in [5.74, 6) is -1.08. The van der Waals surface area contributed by atoms with E-state index in [-0.39, 0.29) is 11.3 Å². The van der Waals surface area contributed by atoms with Gasteiger partial charge < -0.3 is 0 Å². The fourth-order valence-electron chi connectivity index (χ4n) is 4.82. The predicted octanol–water partition coefficient (Wildman–Crippen LogP) is 3.64. The summed E-state index contributed by atoms with van der Waals surface area (Å²) in [6, 6.07) is 14.9. The van der Waals surface area contributed by atoms with Gasteiger partial charge in [0.2, 0.25) is 0 Å². The summed E-state index contributed by atoms with van der Waals surface area (Å²) in [5.41, 5.74) is 9.12. The van der Waals surface area contributed by atoms with Gasteiger partial charge in [-0.25, -0.2) is 9.36 Å². The molecule has 0 atom stereocenters. The van der Waals surface area contributed by atoms with E-state index in [1.807, 2.05) is 35.9 Å². The molecule has 5 rings (SSSR count). The third-order valence-electron chi connectivity index (χ3n) is 6.77. The molecular formula is C28H30N6O3. The van der Waals surface area contributed by atoms with Crippen molar-refractivity contribution >= 4 is 22.6 Å². The van der Waals surface area contributed by atoms with Gasteiger partial charge >= 0.3 is 0 Å². The van der Waals surface area contributed by atoms with Gasteiger partial charge in [-0.1, -0.05) is 55.7 Å². The van der Waals surface area contributed by atoms with Crippen molar-refractivity contribution in [2.45, 2.75) is 58.9 Å². The van der Waals surface area contributed by atoms with Gasteiger partial charge in [0.05, 0.1) is 11.1 Å². The molecule has 2 N–H and O–H groups in total. The van der Waals surface area contributed by atoms with Gasteiger partial charge in [-0.3, -0.25) is 25.2 Å². The Morgan fingerprint density at radius 3 is 2.32 bits per heavy atom. The van der Waals surface area contributed by atoms with Crippen LogP contribution in [0.1, 0.15) is 70.4 Å². The molecule has 2 aromatic carbocycles. The Balaban J connectivity index is 1.39. The minimum atomic E-state index is -0.594. The highest BCUT2D eigenvalue weighted by Gasteiger charge is 2.27. The fraction of sp³-hybridized carbons (Fsp3) is 0.321. The Morgan fingerprint density at radius 2 is 1.59 bits per heavy atom. The Hall–Kier alpha value is -4.27. The number of hydrogen-bond donors (Lipinski definition) is 2. The lowest BCUT2D eigenvalue weighted by molar-refractivity contribution is 0.0840. The molecule has 37 heavy (non-hydrogen) atoms. The number of unbranched alkanes of at least 4 members (excludes halogenated alkanes) is 2. The van der Waals surface area contributed by atoms with Gasteiger partial charge in [-0.05, 0) is 50.8 Å². The number of carbonyl (C=O) groups is 2. The molecule has 0 radical (unpaired) electrons. The van der Waals surface area contributed by atoms with Crippen LogP contribution in [0.4, 0.5) is 0 Å². The summed E-state index contributed by atoms with van der Waals surface area (Å²) in [4.78, 5) is 39.2. The second-order valence-corrected chi connectivity index (χ2v) is 9.41. The van der Waals surface area contributed by atoms with E-state index in [4.69, 9.17) is 0 Å². The SMILES string of the molecule is CCCCCn1nc(C(=O)NNC(=O)c2nn(-c3ccc(C)cc3)c3c2CCC3)c2ccccc2c1=O. The smallest absolute Gasteiger partial charge is 0.267 e. The van der Waals surface area contributed by atoms with Crippen LogP contribution >= 0.6 is 0 Å². The molecule has 2 aromatic heterocycles. The molecule has 0 fully saturated rings. The maximum Gasteiger partial charge on any atom is 0.290 e. The zero-order valence-electron chi connectivity index (χ0n) is 21.1. The van der Waals surface area contributed by atoms with Crippen LogP contribution in [-0.2, 0) is 19.4 Å². The highest BCUT2D eigenvalue weighted by Crippen LogP contribution is 2.28. The quantitative estimate of drug-likeness (QED) is 0.299. The molecule has 1 aliphatic rings. The van der Waals surface area contributed by atoms with Crippen molar-refractivity contribution in [3.8, 4) is 5.69 Å². The van der Waals surface area contributed by atoms with Gasteiger partial charge in [-0.2, -0.15) is 10.2 Å². The second kappa shape index (κ2) is 10.4. The van der Waals surface area contributed by atoms with Crippen LogP contribution in [-0.4, -0.2) is 31.4 Å². The molecule has 4 aromatic rings. The van der Waals surface area contributed by atoms with E-state index in [1.165, 1.54) is 4.68 Å². The first-order valence-corrected chi connectivity index (χ1v) is 12.8. The standard InChI is InChI=1S/C28H30N6O3/c1-3-4-7-17-33-28(37)21-10-6-5-9-20(21)24(31-33)26(35)29-30-27(36)25-22-11-8-12-23(22)34(32-25)19-15-13-18(2)14-16-19/h5-6,9-10,13-16H,3-4,7-8,11-12,17H2,1-2H3,(H,29,35)(H,30,36). The predicted molar refractivity (Wildman–Crippen MR) is 141 cm³/mol. The third kappa shape index (κ3) is 4.76. The van der Waals surface area contributed by atoms with Gasteiger partial charge in [0.1, 0.15) is 0 Å². The number of hydrazine groups is 1. The molecule has 0 unspecified atom stereocenters. The number of aromatic nitrogens is 4. The van der Waals surface area contributed by atoms with E-state index in [0.29, 0.717) is 23.0 Å². The normalized spacial score (nSPS) is 12.5. The van der Waals surface area contributed by atoms with Gasteiger partial charge in [0, 0.05) is 23.2 Å². The number of fused-ring (bicyclic) bond motifs is 2. The number of nitrogens with one attached hydrogen (secondary N) is 2. The Kier molecular flexibility index (Phi) is 6.85. The van der Waals surface area contributed by atoms with Crippen molar-refractivity contribution in [1.29, 1.82) is 0 Å². The van der Waals surface area contributed by atoms with Gasteiger partial charge in [0.15, 0.2) is 11.4 Å². The molecule has 0 saturated heterocycles. The van der Waals surface area contributed by atoms with E-state index < -0.39 is 11.8 Å². The van der Waals surface area contributed by atoms with Crippen LogP contribution in [0.3, 0.4) is 0 Å². The van der Waals surface area contributed by atoms with Crippen LogP contribution in [0.25, 0.3) is 16.5 Å². The number of hydrogen-bond acceptors (Lipinski definition) is 5. The maximum atomic E-state index is 13.2. The van der Waals surface area contributed by atoms with Crippen LogP contribution in [0.2, 0.25) is 0 Å². The molecular weight excluding hydrogens is 468 g/mol. The average molecular weight is 499 g/mol. The fourth-order valence-corrected chi connectivity index (χ4v) is 4.82. The summed E-state index contributed by atoms with van der Waals surface area (Å²) in [7, 11) is 0. The van der Waals surface area contributed by atoms with Gasteiger partial charge in [0.25, 0.3) is 17.4 Å². The van der Waals surface area contributed by atoms with E-state index in [0.717, 1.165) is 61.0 Å². The average Bonchev–Trinajstić information content (AvgIpc) is 3.52. The van der Waals surface area contributed by atoms with Crippen LogP contribution < -0.4 is 16.4 Å². The highest BCUT2D eigenvalue weighted by atomic mass is 16.2. The van der Waals surface area contributed by atoms with E-state index in [2.05, 4.69) is 28.0 Å². The number of carbonyl (C=O) groups excluding carboxylic acids is 2. The van der Waals surface area contributed by atoms with Crippen LogP contribution in [0, 0.1) is 6.92 Å². The number of aryl methyl sites for hydroxylation is 2. The van der Waals surface area contributed by atoms with Crippen molar-refractivity contribution in [3.05, 3.63) is 87.1 Å². The minimum Gasteiger partial charge on any atom is -0.267 e. The van der Waals surface area contributed by atoms with E-state index in [9.17, 15) is 14.4 Å². The molecule has 9 heteroatoms. The first-order chi connectivity index (χ1) is 18.0. The zero-order chi connectivity index (χ0) is 25.9. The Labute approximate surface area is 214 Å². The topological polar surface area (TPSA) is 111 Å². The molecule has 0 spiro atoms. The van der Waals surface area contributed by atoms with Crippen LogP contribution in [0.15, 0.2) is 53.3 Å². The first-order valence-electron chi connectivity index (χ1n) is 12.8. The number of rotatable bonds is 7. The number of amides is 2. The van der Waals surface area contributed by atoms with Crippen molar-refractivity contribution in [2.24, 2.45) is 0 Å². The minimum absolute atomic E-state index is 0.0856.